The molecule has 0 saturated heterocycles. The highest BCUT2D eigenvalue weighted by atomic mass is 32.1. The summed E-state index contributed by atoms with van der Waals surface area (Å²) in [7, 11) is 0. The molecule has 0 fully saturated rings. The van der Waals surface area contributed by atoms with Crippen LogP contribution in [0.15, 0.2) is 55.1 Å². The van der Waals surface area contributed by atoms with Crippen LogP contribution in [0.1, 0.15) is 31.8 Å². The number of carbonyl (C=O) groups excluding carboxylic acids is 2. The van der Waals surface area contributed by atoms with Crippen LogP contribution in [0.2, 0.25) is 0 Å². The van der Waals surface area contributed by atoms with Gasteiger partial charge in [0.1, 0.15) is 0 Å². The molecule has 0 bridgehead atoms. The molecule has 0 radical (unpaired) electrons. The van der Waals surface area contributed by atoms with Gasteiger partial charge < -0.3 is 10.6 Å². The molecule has 1 aliphatic rings. The van der Waals surface area contributed by atoms with Gasteiger partial charge in [-0.15, -0.1) is 6.58 Å². The second kappa shape index (κ2) is 6.14. The fraction of sp³-hybridized carbons (Fsp3) is 0.0556. The molecule has 0 unspecified atom stereocenters. The molecule has 0 aliphatic heterocycles. The molecule has 0 atom stereocenters. The summed E-state index contributed by atoms with van der Waals surface area (Å²) in [6.07, 6.45) is 1.68. The van der Waals surface area contributed by atoms with Crippen LogP contribution in [-0.4, -0.2) is 23.2 Å². The summed E-state index contributed by atoms with van der Waals surface area (Å²) in [5.41, 5.74) is 2.14. The van der Waals surface area contributed by atoms with E-state index in [0.29, 0.717) is 39.6 Å². The van der Waals surface area contributed by atoms with Crippen molar-refractivity contribution >= 4 is 34.6 Å². The molecule has 0 amide bonds. The number of rotatable bonds is 3. The van der Waals surface area contributed by atoms with E-state index in [4.69, 9.17) is 12.2 Å². The number of hydrogen-bond donors (Lipinski definition) is 2. The van der Waals surface area contributed by atoms with Gasteiger partial charge in [-0.25, -0.2) is 0 Å². The Morgan fingerprint density at radius 1 is 1.00 bits per heavy atom. The number of anilines is 1. The molecule has 23 heavy (non-hydrogen) atoms. The van der Waals surface area contributed by atoms with Crippen molar-refractivity contribution in [3.05, 3.63) is 77.4 Å². The van der Waals surface area contributed by atoms with Crippen molar-refractivity contribution in [1.82, 2.24) is 5.32 Å². The zero-order chi connectivity index (χ0) is 16.4. The van der Waals surface area contributed by atoms with Gasteiger partial charge in [0, 0.05) is 23.2 Å². The van der Waals surface area contributed by atoms with Crippen LogP contribution in [0.5, 0.6) is 0 Å². The minimum Gasteiger partial charge on any atom is -0.359 e. The number of thiocarbonyl (C=S) groups is 1. The molecule has 114 valence electrons. The van der Waals surface area contributed by atoms with Gasteiger partial charge in [0.15, 0.2) is 16.7 Å². The smallest absolute Gasteiger partial charge is 0.196 e. The highest BCUT2D eigenvalue weighted by molar-refractivity contribution is 7.80. The summed E-state index contributed by atoms with van der Waals surface area (Å²) in [6, 6.07) is 12.0. The Kier molecular flexibility index (Phi) is 4.04. The highest BCUT2D eigenvalue weighted by Gasteiger charge is 2.31. The fourth-order valence-electron chi connectivity index (χ4n) is 2.58. The lowest BCUT2D eigenvalue weighted by atomic mass is 9.83. The molecule has 0 heterocycles. The first-order valence-corrected chi connectivity index (χ1v) is 7.51. The summed E-state index contributed by atoms with van der Waals surface area (Å²) >= 11 is 5.19. The monoisotopic (exact) mass is 322 g/mol. The van der Waals surface area contributed by atoms with Gasteiger partial charge in [-0.1, -0.05) is 42.5 Å². The predicted molar refractivity (Wildman–Crippen MR) is 94.2 cm³/mol. The largest absolute Gasteiger partial charge is 0.359 e. The maximum Gasteiger partial charge on any atom is 0.196 e. The van der Waals surface area contributed by atoms with Crippen LogP contribution in [0.25, 0.3) is 0 Å². The van der Waals surface area contributed by atoms with E-state index in [-0.39, 0.29) is 11.6 Å². The number of fused-ring (bicyclic) bond motifs is 2. The van der Waals surface area contributed by atoms with E-state index in [1.807, 2.05) is 0 Å². The minimum atomic E-state index is -0.176. The number of hydrogen-bond acceptors (Lipinski definition) is 3. The van der Waals surface area contributed by atoms with Crippen molar-refractivity contribution in [2.24, 2.45) is 0 Å². The minimum absolute atomic E-state index is 0.149. The average molecular weight is 322 g/mol. The Bertz CT molecular complexity index is 843. The Morgan fingerprint density at radius 3 is 2.35 bits per heavy atom. The van der Waals surface area contributed by atoms with Gasteiger partial charge in [0.25, 0.3) is 0 Å². The number of carbonyl (C=O) groups is 2. The molecular weight excluding hydrogens is 308 g/mol. The van der Waals surface area contributed by atoms with E-state index in [1.165, 1.54) is 0 Å². The first-order chi connectivity index (χ1) is 11.1. The molecule has 0 spiro atoms. The molecule has 4 nitrogen and oxygen atoms in total. The van der Waals surface area contributed by atoms with E-state index >= 15 is 0 Å². The molecule has 2 N–H and O–H groups in total. The van der Waals surface area contributed by atoms with Crippen molar-refractivity contribution in [2.45, 2.75) is 0 Å². The van der Waals surface area contributed by atoms with Crippen molar-refractivity contribution in [3.8, 4) is 0 Å². The molecule has 5 heteroatoms. The topological polar surface area (TPSA) is 58.2 Å². The third-order valence-corrected chi connectivity index (χ3v) is 3.85. The average Bonchev–Trinajstić information content (AvgIpc) is 2.57. The summed E-state index contributed by atoms with van der Waals surface area (Å²) in [5.74, 6) is -0.325. The van der Waals surface area contributed by atoms with Crippen LogP contribution in [-0.2, 0) is 0 Å². The quantitative estimate of drug-likeness (QED) is 0.573. The van der Waals surface area contributed by atoms with E-state index in [1.54, 1.807) is 48.5 Å². The Hall–Kier alpha value is -2.79. The third kappa shape index (κ3) is 2.66. The van der Waals surface area contributed by atoms with E-state index in [9.17, 15) is 9.59 Å². The lowest BCUT2D eigenvalue weighted by molar-refractivity contribution is 0.0979. The van der Waals surface area contributed by atoms with Gasteiger partial charge in [-0.05, 0) is 18.3 Å². The molecule has 1 aliphatic carbocycles. The highest BCUT2D eigenvalue weighted by Crippen LogP contribution is 2.31. The maximum atomic E-state index is 12.8. The Labute approximate surface area is 139 Å². The van der Waals surface area contributed by atoms with Crippen molar-refractivity contribution in [1.29, 1.82) is 0 Å². The zero-order valence-corrected chi connectivity index (χ0v) is 13.1. The lowest BCUT2D eigenvalue weighted by Crippen LogP contribution is -2.30. The van der Waals surface area contributed by atoms with Gasteiger partial charge in [0.2, 0.25) is 0 Å². The van der Waals surface area contributed by atoms with Crippen LogP contribution in [0.4, 0.5) is 5.69 Å². The van der Waals surface area contributed by atoms with Crippen LogP contribution >= 0.6 is 12.2 Å². The van der Waals surface area contributed by atoms with E-state index in [0.717, 1.165) is 0 Å². The maximum absolute atomic E-state index is 12.8. The first-order valence-electron chi connectivity index (χ1n) is 7.10. The SMILES string of the molecule is C=CCNC(=S)Nc1cccc2c1C(=O)c1ccccc1C2=O. The van der Waals surface area contributed by atoms with Crippen LogP contribution in [0.3, 0.4) is 0 Å². The fourth-order valence-corrected chi connectivity index (χ4v) is 2.77. The predicted octanol–water partition coefficient (Wildman–Crippen LogP) is 2.93. The summed E-state index contributed by atoms with van der Waals surface area (Å²) in [5, 5.41) is 6.30. The molecular formula is C18H14N2O2S. The molecule has 3 rings (SSSR count). The van der Waals surface area contributed by atoms with E-state index < -0.39 is 0 Å². The standard InChI is InChI=1S/C18H14N2O2S/c1-2-10-19-18(23)20-14-9-5-8-13-15(14)17(22)12-7-4-3-6-11(12)16(13)21/h2-9H,1,10H2,(H2,19,20,23). The molecule has 0 aromatic heterocycles. The van der Waals surface area contributed by atoms with Gasteiger partial charge >= 0.3 is 0 Å². The number of benzene rings is 2. The third-order valence-electron chi connectivity index (χ3n) is 3.61. The van der Waals surface area contributed by atoms with E-state index in [2.05, 4.69) is 17.2 Å². The van der Waals surface area contributed by atoms with Gasteiger partial charge in [0.05, 0.1) is 11.3 Å². The normalized spacial score (nSPS) is 12.2. The van der Waals surface area contributed by atoms with Crippen molar-refractivity contribution in [3.63, 3.8) is 0 Å². The summed E-state index contributed by atoms with van der Waals surface area (Å²) < 4.78 is 0. The number of nitrogens with one attached hydrogen (secondary N) is 2. The van der Waals surface area contributed by atoms with Crippen molar-refractivity contribution in [2.75, 3.05) is 11.9 Å². The first kappa shape index (κ1) is 15.1. The second-order valence-corrected chi connectivity index (χ2v) is 5.46. The summed E-state index contributed by atoms with van der Waals surface area (Å²) in [4.78, 5) is 25.4. The molecule has 0 saturated carbocycles. The Morgan fingerprint density at radius 2 is 1.65 bits per heavy atom. The Balaban J connectivity index is 2.04. The van der Waals surface area contributed by atoms with Crippen LogP contribution < -0.4 is 10.6 Å². The second-order valence-electron chi connectivity index (χ2n) is 5.06. The van der Waals surface area contributed by atoms with Crippen LogP contribution in [0, 0.1) is 0 Å². The van der Waals surface area contributed by atoms with Gasteiger partial charge in [-0.3, -0.25) is 9.59 Å². The molecule has 2 aromatic rings. The molecule has 2 aromatic carbocycles. The summed E-state index contributed by atoms with van der Waals surface area (Å²) in [6.45, 7) is 4.12. The number of ketones is 2. The lowest BCUT2D eigenvalue weighted by Gasteiger charge is -2.21. The zero-order valence-electron chi connectivity index (χ0n) is 12.3. The van der Waals surface area contributed by atoms with Gasteiger partial charge in [-0.2, -0.15) is 0 Å². The van der Waals surface area contributed by atoms with Crippen molar-refractivity contribution < 1.29 is 9.59 Å².